The summed E-state index contributed by atoms with van der Waals surface area (Å²) in [5.74, 6) is 0.839. The van der Waals surface area contributed by atoms with Gasteiger partial charge in [-0.05, 0) is 46.5 Å². The molecule has 0 saturated heterocycles. The van der Waals surface area contributed by atoms with E-state index in [0.717, 1.165) is 18.2 Å². The number of nitrogens with zero attached hydrogens (tertiary/aromatic N) is 3. The minimum absolute atomic E-state index is 0.0141. The van der Waals surface area contributed by atoms with Gasteiger partial charge < -0.3 is 5.32 Å². The van der Waals surface area contributed by atoms with Gasteiger partial charge >= 0.3 is 0 Å². The van der Waals surface area contributed by atoms with Crippen LogP contribution in [0.25, 0.3) is 0 Å². The van der Waals surface area contributed by atoms with Crippen LogP contribution in [0.4, 0.5) is 0 Å². The Morgan fingerprint density at radius 3 is 2.58 bits per heavy atom. The molecule has 19 heavy (non-hydrogen) atoms. The van der Waals surface area contributed by atoms with Gasteiger partial charge in [-0.1, -0.05) is 24.5 Å². The molecular formula is C15H28N4. The van der Waals surface area contributed by atoms with Crippen molar-refractivity contribution < 1.29 is 0 Å². The van der Waals surface area contributed by atoms with Gasteiger partial charge in [-0.25, -0.2) is 4.68 Å². The van der Waals surface area contributed by atoms with Gasteiger partial charge in [0.05, 0.1) is 17.4 Å². The predicted molar refractivity (Wildman–Crippen MR) is 77.9 cm³/mol. The number of hydrogen-bond acceptors (Lipinski definition) is 3. The number of nitrogens with one attached hydrogen (secondary N) is 1. The van der Waals surface area contributed by atoms with Gasteiger partial charge in [-0.2, -0.15) is 0 Å². The van der Waals surface area contributed by atoms with E-state index in [9.17, 15) is 0 Å². The van der Waals surface area contributed by atoms with Crippen LogP contribution in [-0.2, 0) is 12.1 Å². The third-order valence-electron chi connectivity index (χ3n) is 4.19. The molecule has 0 amide bonds. The van der Waals surface area contributed by atoms with E-state index in [1.54, 1.807) is 0 Å². The van der Waals surface area contributed by atoms with E-state index >= 15 is 0 Å². The van der Waals surface area contributed by atoms with Crippen LogP contribution >= 0.6 is 0 Å². The standard InChI is InChI=1S/C15H28N4/c1-12(13-8-6-5-7-9-13)16-10-14-11-19(18-17-14)15(2,3)4/h11-13,16H,5-10H2,1-4H3. The second-order valence-electron chi connectivity index (χ2n) is 6.89. The first-order valence-electron chi connectivity index (χ1n) is 7.62. The van der Waals surface area contributed by atoms with E-state index in [1.807, 2.05) is 4.68 Å². The Kier molecular flexibility index (Phi) is 4.61. The second kappa shape index (κ2) is 6.04. The zero-order valence-corrected chi connectivity index (χ0v) is 12.8. The van der Waals surface area contributed by atoms with Crippen LogP contribution in [0.15, 0.2) is 6.20 Å². The highest BCUT2D eigenvalue weighted by Crippen LogP contribution is 2.26. The zero-order valence-electron chi connectivity index (χ0n) is 12.8. The van der Waals surface area contributed by atoms with E-state index in [2.05, 4.69) is 49.5 Å². The Balaban J connectivity index is 1.83. The van der Waals surface area contributed by atoms with Gasteiger partial charge in [0.15, 0.2) is 0 Å². The minimum atomic E-state index is 0.0141. The van der Waals surface area contributed by atoms with Gasteiger partial charge in [0.2, 0.25) is 0 Å². The Bertz CT molecular complexity index is 385. The van der Waals surface area contributed by atoms with E-state index in [-0.39, 0.29) is 5.54 Å². The summed E-state index contributed by atoms with van der Waals surface area (Å²) >= 11 is 0. The molecule has 1 heterocycles. The first-order valence-corrected chi connectivity index (χ1v) is 7.62. The molecule has 0 spiro atoms. The van der Waals surface area contributed by atoms with Crippen LogP contribution in [-0.4, -0.2) is 21.0 Å². The molecule has 1 aliphatic carbocycles. The quantitative estimate of drug-likeness (QED) is 0.908. The van der Waals surface area contributed by atoms with Crippen LogP contribution in [0.2, 0.25) is 0 Å². The number of hydrogen-bond donors (Lipinski definition) is 1. The third kappa shape index (κ3) is 4.03. The summed E-state index contributed by atoms with van der Waals surface area (Å²) < 4.78 is 1.94. The van der Waals surface area contributed by atoms with E-state index < -0.39 is 0 Å². The van der Waals surface area contributed by atoms with Gasteiger partial charge in [0, 0.05) is 12.6 Å². The fourth-order valence-electron chi connectivity index (χ4n) is 2.77. The molecule has 1 saturated carbocycles. The Labute approximate surface area is 117 Å². The van der Waals surface area contributed by atoms with Gasteiger partial charge in [0.25, 0.3) is 0 Å². The smallest absolute Gasteiger partial charge is 0.0965 e. The van der Waals surface area contributed by atoms with Crippen molar-refractivity contribution >= 4 is 0 Å². The van der Waals surface area contributed by atoms with Gasteiger partial charge in [-0.3, -0.25) is 0 Å². The monoisotopic (exact) mass is 264 g/mol. The van der Waals surface area contributed by atoms with Crippen LogP contribution in [0, 0.1) is 5.92 Å². The molecule has 4 nitrogen and oxygen atoms in total. The maximum atomic E-state index is 4.25. The van der Waals surface area contributed by atoms with Gasteiger partial charge in [-0.15, -0.1) is 5.10 Å². The molecule has 0 bridgehead atoms. The summed E-state index contributed by atoms with van der Waals surface area (Å²) in [6.07, 6.45) is 9.03. The average molecular weight is 264 g/mol. The van der Waals surface area contributed by atoms with Crippen molar-refractivity contribution in [2.75, 3.05) is 0 Å². The number of aromatic nitrogens is 3. The summed E-state index contributed by atoms with van der Waals surface area (Å²) in [5.41, 5.74) is 1.05. The lowest BCUT2D eigenvalue weighted by molar-refractivity contribution is 0.280. The Hall–Kier alpha value is -0.900. The first-order chi connectivity index (χ1) is 8.97. The summed E-state index contributed by atoms with van der Waals surface area (Å²) in [6, 6.07) is 0.583. The normalized spacial score (nSPS) is 19.6. The van der Waals surface area contributed by atoms with Crippen LogP contribution in [0.5, 0.6) is 0 Å². The average Bonchev–Trinajstić information content (AvgIpc) is 2.86. The lowest BCUT2D eigenvalue weighted by Gasteiger charge is -2.28. The molecule has 4 heteroatoms. The van der Waals surface area contributed by atoms with Crippen molar-refractivity contribution in [1.29, 1.82) is 0 Å². The van der Waals surface area contributed by atoms with Crippen LogP contribution in [0.3, 0.4) is 0 Å². The molecule has 1 aliphatic rings. The van der Waals surface area contributed by atoms with E-state index in [0.29, 0.717) is 6.04 Å². The second-order valence-corrected chi connectivity index (χ2v) is 6.89. The molecule has 108 valence electrons. The Morgan fingerprint density at radius 2 is 2.00 bits per heavy atom. The van der Waals surface area contributed by atoms with Crippen molar-refractivity contribution in [2.45, 2.75) is 77.9 Å². The molecule has 2 rings (SSSR count). The van der Waals surface area contributed by atoms with Crippen molar-refractivity contribution in [2.24, 2.45) is 5.92 Å². The fourth-order valence-corrected chi connectivity index (χ4v) is 2.77. The molecule has 0 aliphatic heterocycles. The van der Waals surface area contributed by atoms with Gasteiger partial charge in [0.1, 0.15) is 0 Å². The summed E-state index contributed by atoms with van der Waals surface area (Å²) in [7, 11) is 0. The van der Waals surface area contributed by atoms with Crippen molar-refractivity contribution in [1.82, 2.24) is 20.3 Å². The minimum Gasteiger partial charge on any atom is -0.308 e. The maximum Gasteiger partial charge on any atom is 0.0965 e. The Morgan fingerprint density at radius 1 is 1.32 bits per heavy atom. The highest BCUT2D eigenvalue weighted by molar-refractivity contribution is 4.94. The largest absolute Gasteiger partial charge is 0.308 e. The number of rotatable bonds is 4. The molecular weight excluding hydrogens is 236 g/mol. The van der Waals surface area contributed by atoms with E-state index in [4.69, 9.17) is 0 Å². The summed E-state index contributed by atoms with van der Waals surface area (Å²) in [4.78, 5) is 0. The maximum absolute atomic E-state index is 4.25. The summed E-state index contributed by atoms with van der Waals surface area (Å²) in [5, 5.41) is 12.1. The van der Waals surface area contributed by atoms with Crippen molar-refractivity contribution in [3.05, 3.63) is 11.9 Å². The van der Waals surface area contributed by atoms with Crippen LogP contribution < -0.4 is 5.32 Å². The lowest BCUT2D eigenvalue weighted by Crippen LogP contribution is -2.34. The fraction of sp³-hybridized carbons (Fsp3) is 0.867. The van der Waals surface area contributed by atoms with Crippen LogP contribution in [0.1, 0.15) is 65.5 Å². The highest BCUT2D eigenvalue weighted by Gasteiger charge is 2.20. The third-order valence-corrected chi connectivity index (χ3v) is 4.19. The lowest BCUT2D eigenvalue weighted by atomic mass is 9.84. The van der Waals surface area contributed by atoms with Crippen molar-refractivity contribution in [3.8, 4) is 0 Å². The zero-order chi connectivity index (χ0) is 13.9. The van der Waals surface area contributed by atoms with E-state index in [1.165, 1.54) is 32.1 Å². The molecule has 1 aromatic rings. The van der Waals surface area contributed by atoms with Crippen molar-refractivity contribution in [3.63, 3.8) is 0 Å². The predicted octanol–water partition coefficient (Wildman–Crippen LogP) is 3.09. The molecule has 0 radical (unpaired) electrons. The summed E-state index contributed by atoms with van der Waals surface area (Å²) in [6.45, 7) is 9.56. The first kappa shape index (κ1) is 14.5. The molecule has 1 N–H and O–H groups in total. The molecule has 1 fully saturated rings. The molecule has 1 aromatic heterocycles. The topological polar surface area (TPSA) is 42.7 Å². The molecule has 0 aromatic carbocycles. The molecule has 1 atom stereocenters. The molecule has 1 unspecified atom stereocenters. The highest BCUT2D eigenvalue weighted by atomic mass is 15.4. The SMILES string of the molecule is CC(NCc1cn(C(C)(C)C)nn1)C1CCCCC1.